The molecule has 0 atom stereocenters. The molecule has 0 aromatic carbocycles. The monoisotopic (exact) mass is 262 g/mol. The van der Waals surface area contributed by atoms with E-state index in [0.717, 1.165) is 5.01 Å². The predicted octanol–water partition coefficient (Wildman–Crippen LogP) is 1.79. The molecule has 6 heteroatoms. The summed E-state index contributed by atoms with van der Waals surface area (Å²) in [5, 5.41) is 5.62. The number of nitrogens with zero attached hydrogens (tertiary/aromatic N) is 2. The Kier molecular flexibility index (Phi) is 3.29. The van der Waals surface area contributed by atoms with E-state index >= 15 is 0 Å². The fraction of sp³-hybridized carbons (Fsp3) is 0.250. The van der Waals surface area contributed by atoms with Gasteiger partial charge in [0.15, 0.2) is 0 Å². The summed E-state index contributed by atoms with van der Waals surface area (Å²) in [7, 11) is 0. The summed E-state index contributed by atoms with van der Waals surface area (Å²) in [4.78, 5) is 20.3. The standard InChI is InChI=1S/C12H14N4OS/c1-12(2,11-15-5-6-18-11)16-10(17)9-7-8(13)3-4-14-9/h3-7H,1-2H3,(H2,13,14)(H,16,17). The molecule has 1 amide bonds. The van der Waals surface area contributed by atoms with Crippen LogP contribution in [-0.2, 0) is 5.54 Å². The lowest BCUT2D eigenvalue weighted by molar-refractivity contribution is 0.0907. The van der Waals surface area contributed by atoms with Crippen LogP contribution in [0.15, 0.2) is 29.9 Å². The molecule has 0 saturated heterocycles. The molecule has 0 fully saturated rings. The van der Waals surface area contributed by atoms with Gasteiger partial charge in [0, 0.05) is 23.5 Å². The van der Waals surface area contributed by atoms with Crippen LogP contribution in [0.25, 0.3) is 0 Å². The molecule has 0 spiro atoms. The number of anilines is 1. The number of hydrogen-bond acceptors (Lipinski definition) is 5. The Morgan fingerprint density at radius 1 is 1.39 bits per heavy atom. The molecule has 0 radical (unpaired) electrons. The van der Waals surface area contributed by atoms with E-state index in [4.69, 9.17) is 5.73 Å². The van der Waals surface area contributed by atoms with Crippen molar-refractivity contribution in [2.75, 3.05) is 5.73 Å². The van der Waals surface area contributed by atoms with Crippen molar-refractivity contribution >= 4 is 22.9 Å². The molecule has 0 aliphatic carbocycles. The molecule has 18 heavy (non-hydrogen) atoms. The van der Waals surface area contributed by atoms with Gasteiger partial charge in [-0.2, -0.15) is 0 Å². The van der Waals surface area contributed by atoms with E-state index in [1.807, 2.05) is 19.2 Å². The number of carbonyl (C=O) groups excluding carboxylic acids is 1. The van der Waals surface area contributed by atoms with Gasteiger partial charge in [-0.3, -0.25) is 9.78 Å². The maximum absolute atomic E-state index is 12.1. The van der Waals surface area contributed by atoms with Gasteiger partial charge in [0.25, 0.3) is 5.91 Å². The highest BCUT2D eigenvalue weighted by atomic mass is 32.1. The summed E-state index contributed by atoms with van der Waals surface area (Å²) in [6, 6.07) is 3.19. The summed E-state index contributed by atoms with van der Waals surface area (Å²) in [6.07, 6.45) is 3.23. The maximum atomic E-state index is 12.1. The third-order valence-electron chi connectivity index (χ3n) is 2.41. The average Bonchev–Trinajstić information content (AvgIpc) is 2.82. The number of nitrogens with one attached hydrogen (secondary N) is 1. The first-order chi connectivity index (χ1) is 8.49. The van der Waals surface area contributed by atoms with Crippen molar-refractivity contribution in [3.63, 3.8) is 0 Å². The Hall–Kier alpha value is -1.95. The van der Waals surface area contributed by atoms with Gasteiger partial charge < -0.3 is 11.1 Å². The molecule has 0 aliphatic rings. The number of pyridine rings is 1. The molecule has 0 bridgehead atoms. The van der Waals surface area contributed by atoms with Crippen molar-refractivity contribution in [3.05, 3.63) is 40.6 Å². The van der Waals surface area contributed by atoms with Crippen LogP contribution in [0.4, 0.5) is 5.69 Å². The number of nitrogen functional groups attached to an aromatic ring is 1. The van der Waals surface area contributed by atoms with Crippen LogP contribution in [0.3, 0.4) is 0 Å². The number of carbonyl (C=O) groups is 1. The summed E-state index contributed by atoms with van der Waals surface area (Å²) in [6.45, 7) is 3.80. The molecule has 5 nitrogen and oxygen atoms in total. The zero-order valence-corrected chi connectivity index (χ0v) is 11.0. The van der Waals surface area contributed by atoms with E-state index in [2.05, 4.69) is 15.3 Å². The molecule has 0 unspecified atom stereocenters. The van der Waals surface area contributed by atoms with Crippen LogP contribution in [-0.4, -0.2) is 15.9 Å². The van der Waals surface area contributed by atoms with Crippen LogP contribution in [0.1, 0.15) is 29.3 Å². The predicted molar refractivity (Wildman–Crippen MR) is 71.3 cm³/mol. The Labute approximate surface area is 109 Å². The Morgan fingerprint density at radius 2 is 2.17 bits per heavy atom. The molecule has 2 aromatic rings. The van der Waals surface area contributed by atoms with E-state index in [-0.39, 0.29) is 5.91 Å². The number of amides is 1. The molecular weight excluding hydrogens is 248 g/mol. The molecule has 0 saturated carbocycles. The van der Waals surface area contributed by atoms with Gasteiger partial charge in [0.2, 0.25) is 0 Å². The van der Waals surface area contributed by atoms with Crippen molar-refractivity contribution in [1.29, 1.82) is 0 Å². The van der Waals surface area contributed by atoms with Gasteiger partial charge in [0.1, 0.15) is 10.7 Å². The van der Waals surface area contributed by atoms with E-state index in [1.165, 1.54) is 17.5 Å². The summed E-state index contributed by atoms with van der Waals surface area (Å²) in [5.74, 6) is -0.262. The van der Waals surface area contributed by atoms with Gasteiger partial charge in [-0.15, -0.1) is 11.3 Å². The highest BCUT2D eigenvalue weighted by Crippen LogP contribution is 2.22. The third-order valence-corrected chi connectivity index (χ3v) is 3.51. The lowest BCUT2D eigenvalue weighted by Gasteiger charge is -2.23. The van der Waals surface area contributed by atoms with Crippen LogP contribution < -0.4 is 11.1 Å². The Balaban J connectivity index is 2.17. The lowest BCUT2D eigenvalue weighted by atomic mass is 10.1. The highest BCUT2D eigenvalue weighted by Gasteiger charge is 2.26. The molecule has 3 N–H and O–H groups in total. The van der Waals surface area contributed by atoms with E-state index in [9.17, 15) is 4.79 Å². The second-order valence-corrected chi connectivity index (χ2v) is 5.29. The Bertz CT molecular complexity index is 551. The number of aromatic nitrogens is 2. The molecule has 2 heterocycles. The van der Waals surface area contributed by atoms with Crippen molar-refractivity contribution < 1.29 is 4.79 Å². The molecular formula is C12H14N4OS. The zero-order chi connectivity index (χ0) is 13.2. The lowest BCUT2D eigenvalue weighted by Crippen LogP contribution is -2.41. The fourth-order valence-corrected chi connectivity index (χ4v) is 2.22. The average molecular weight is 262 g/mol. The topological polar surface area (TPSA) is 80.9 Å². The third kappa shape index (κ3) is 2.65. The quantitative estimate of drug-likeness (QED) is 0.883. The minimum atomic E-state index is -0.530. The smallest absolute Gasteiger partial charge is 0.270 e. The van der Waals surface area contributed by atoms with Gasteiger partial charge in [-0.05, 0) is 26.0 Å². The number of thiazole rings is 1. The van der Waals surface area contributed by atoms with Crippen molar-refractivity contribution in [2.45, 2.75) is 19.4 Å². The van der Waals surface area contributed by atoms with Crippen LogP contribution >= 0.6 is 11.3 Å². The molecule has 2 rings (SSSR count). The number of nitrogens with two attached hydrogens (primary N) is 1. The molecule has 2 aromatic heterocycles. The van der Waals surface area contributed by atoms with Crippen molar-refractivity contribution in [1.82, 2.24) is 15.3 Å². The first kappa shape index (κ1) is 12.5. The van der Waals surface area contributed by atoms with Gasteiger partial charge in [-0.1, -0.05) is 0 Å². The molecule has 94 valence electrons. The summed E-state index contributed by atoms with van der Waals surface area (Å²) < 4.78 is 0. The molecule has 0 aliphatic heterocycles. The van der Waals surface area contributed by atoms with Crippen LogP contribution in [0, 0.1) is 0 Å². The van der Waals surface area contributed by atoms with E-state index < -0.39 is 5.54 Å². The van der Waals surface area contributed by atoms with Crippen molar-refractivity contribution in [2.24, 2.45) is 0 Å². The largest absolute Gasteiger partial charge is 0.399 e. The van der Waals surface area contributed by atoms with Crippen LogP contribution in [0.2, 0.25) is 0 Å². The first-order valence-corrected chi connectivity index (χ1v) is 6.31. The van der Waals surface area contributed by atoms with Crippen LogP contribution in [0.5, 0.6) is 0 Å². The van der Waals surface area contributed by atoms with E-state index in [0.29, 0.717) is 11.4 Å². The zero-order valence-electron chi connectivity index (χ0n) is 10.2. The summed E-state index contributed by atoms with van der Waals surface area (Å²) >= 11 is 1.50. The van der Waals surface area contributed by atoms with Gasteiger partial charge in [0.05, 0.1) is 5.54 Å². The second kappa shape index (κ2) is 4.73. The summed E-state index contributed by atoms with van der Waals surface area (Å²) in [5.41, 5.74) is 5.92. The maximum Gasteiger partial charge on any atom is 0.270 e. The Morgan fingerprint density at radius 3 is 2.78 bits per heavy atom. The highest BCUT2D eigenvalue weighted by molar-refractivity contribution is 7.09. The second-order valence-electron chi connectivity index (χ2n) is 4.39. The van der Waals surface area contributed by atoms with Crippen molar-refractivity contribution in [3.8, 4) is 0 Å². The number of rotatable bonds is 3. The minimum absolute atomic E-state index is 0.262. The fourth-order valence-electron chi connectivity index (χ4n) is 1.50. The SMILES string of the molecule is CC(C)(NC(=O)c1cc(N)ccn1)c1nccs1. The van der Waals surface area contributed by atoms with E-state index in [1.54, 1.807) is 18.3 Å². The van der Waals surface area contributed by atoms with Gasteiger partial charge in [-0.25, -0.2) is 4.98 Å². The minimum Gasteiger partial charge on any atom is -0.399 e. The first-order valence-electron chi connectivity index (χ1n) is 5.43. The van der Waals surface area contributed by atoms with Gasteiger partial charge >= 0.3 is 0 Å². The normalized spacial score (nSPS) is 11.2. The number of hydrogen-bond donors (Lipinski definition) is 2.